The Morgan fingerprint density at radius 3 is 2.44 bits per heavy atom. The van der Waals surface area contributed by atoms with Gasteiger partial charge in [-0.3, -0.25) is 5.21 Å². The lowest BCUT2D eigenvalue weighted by atomic mass is 9.94. The van der Waals surface area contributed by atoms with E-state index in [4.69, 9.17) is 4.74 Å². The fourth-order valence-electron chi connectivity index (χ4n) is 1.59. The molecule has 2 atom stereocenters. The molecule has 0 radical (unpaired) electrons. The minimum absolute atomic E-state index is 0.258. The number of hydrogen-bond acceptors (Lipinski definition) is 3. The number of carbonyl (C=O) groups excluding carboxylic acids is 1. The van der Waals surface area contributed by atoms with Crippen molar-refractivity contribution >= 4 is 6.09 Å². The molecule has 0 saturated heterocycles. The zero-order chi connectivity index (χ0) is 12.3. The highest BCUT2D eigenvalue weighted by Crippen LogP contribution is 2.21. The lowest BCUT2D eigenvalue weighted by Gasteiger charge is -2.29. The largest absolute Gasteiger partial charge is 0.442 e. The van der Waals surface area contributed by atoms with Crippen LogP contribution in [0.3, 0.4) is 0 Å². The molecule has 1 amide bonds. The number of rotatable bonds is 1. The molecule has 0 fully saturated rings. The van der Waals surface area contributed by atoms with Crippen molar-refractivity contribution < 1.29 is 14.7 Å². The van der Waals surface area contributed by atoms with Crippen LogP contribution in [0.1, 0.15) is 40.5 Å². The molecule has 0 unspecified atom stereocenters. The number of hydroxylamine groups is 2. The molecule has 92 valence electrons. The maximum atomic E-state index is 11.6. The number of hydrogen-bond donors (Lipinski definition) is 1. The summed E-state index contributed by atoms with van der Waals surface area (Å²) in [6, 6.07) is -0.258. The first kappa shape index (κ1) is 13.0. The first-order valence-corrected chi connectivity index (χ1v) is 5.69. The van der Waals surface area contributed by atoms with Crippen LogP contribution in [0, 0.1) is 5.92 Å². The molecule has 1 aliphatic rings. The summed E-state index contributed by atoms with van der Waals surface area (Å²) in [6.45, 7) is 7.44. The summed E-state index contributed by atoms with van der Waals surface area (Å²) in [7, 11) is 0. The highest BCUT2D eigenvalue weighted by Gasteiger charge is 2.27. The maximum Gasteiger partial charge on any atom is 0.434 e. The minimum atomic E-state index is -0.684. The van der Waals surface area contributed by atoms with Gasteiger partial charge in [0.15, 0.2) is 0 Å². The second-order valence-corrected chi connectivity index (χ2v) is 5.33. The van der Waals surface area contributed by atoms with E-state index < -0.39 is 11.7 Å². The van der Waals surface area contributed by atoms with Crippen LogP contribution in [0.5, 0.6) is 0 Å². The van der Waals surface area contributed by atoms with Crippen molar-refractivity contribution in [1.29, 1.82) is 0 Å². The Balaban J connectivity index is 2.54. The summed E-state index contributed by atoms with van der Waals surface area (Å²) in [5.74, 6) is 0.517. The summed E-state index contributed by atoms with van der Waals surface area (Å²) in [5.41, 5.74) is -0.580. The van der Waals surface area contributed by atoms with Gasteiger partial charge in [-0.25, -0.2) is 4.79 Å². The van der Waals surface area contributed by atoms with Crippen molar-refractivity contribution in [1.82, 2.24) is 5.06 Å². The SMILES string of the molecule is C[C@H]1C=C[C@H](N(O)C(=O)OC(C)(C)C)CC1. The van der Waals surface area contributed by atoms with E-state index in [-0.39, 0.29) is 6.04 Å². The lowest BCUT2D eigenvalue weighted by Crippen LogP contribution is -2.41. The van der Waals surface area contributed by atoms with Gasteiger partial charge in [0.05, 0.1) is 6.04 Å². The summed E-state index contributed by atoms with van der Waals surface area (Å²) in [5, 5.41) is 10.4. The Hall–Kier alpha value is -1.03. The topological polar surface area (TPSA) is 49.8 Å². The van der Waals surface area contributed by atoms with Crippen molar-refractivity contribution in [2.24, 2.45) is 5.92 Å². The van der Waals surface area contributed by atoms with E-state index >= 15 is 0 Å². The molecule has 0 spiro atoms. The Kier molecular flexibility index (Phi) is 3.97. The van der Waals surface area contributed by atoms with Crippen LogP contribution in [0.2, 0.25) is 0 Å². The van der Waals surface area contributed by atoms with Gasteiger partial charge >= 0.3 is 6.09 Å². The molecule has 1 rings (SSSR count). The second-order valence-electron chi connectivity index (χ2n) is 5.33. The zero-order valence-electron chi connectivity index (χ0n) is 10.4. The van der Waals surface area contributed by atoms with E-state index in [1.807, 2.05) is 12.2 Å². The van der Waals surface area contributed by atoms with Crippen LogP contribution in [0.4, 0.5) is 4.79 Å². The van der Waals surface area contributed by atoms with Gasteiger partial charge in [0, 0.05) is 0 Å². The highest BCUT2D eigenvalue weighted by atomic mass is 16.6. The molecule has 1 N–H and O–H groups in total. The van der Waals surface area contributed by atoms with Crippen molar-refractivity contribution in [2.45, 2.75) is 52.2 Å². The third-order valence-electron chi connectivity index (χ3n) is 2.47. The molecule has 0 aliphatic heterocycles. The quantitative estimate of drug-likeness (QED) is 0.425. The smallest absolute Gasteiger partial charge is 0.434 e. The maximum absolute atomic E-state index is 11.6. The Morgan fingerprint density at radius 1 is 1.38 bits per heavy atom. The molecule has 0 bridgehead atoms. The predicted octanol–water partition coefficient (Wildman–Crippen LogP) is 2.97. The standard InChI is InChI=1S/C12H21NO3/c1-9-5-7-10(8-6-9)13(15)11(14)16-12(2,3)4/h5,7,9-10,15H,6,8H2,1-4H3/t9-,10-/m0/s1. The predicted molar refractivity (Wildman–Crippen MR) is 61.2 cm³/mol. The second kappa shape index (κ2) is 4.87. The highest BCUT2D eigenvalue weighted by molar-refractivity contribution is 5.67. The van der Waals surface area contributed by atoms with Crippen molar-refractivity contribution in [3.63, 3.8) is 0 Å². The average Bonchev–Trinajstić information content (AvgIpc) is 2.15. The van der Waals surface area contributed by atoms with Crippen LogP contribution in [-0.2, 0) is 4.74 Å². The molecule has 0 aromatic carbocycles. The van der Waals surface area contributed by atoms with Crippen LogP contribution in [0.15, 0.2) is 12.2 Å². The average molecular weight is 227 g/mol. The normalized spacial score (nSPS) is 25.3. The van der Waals surface area contributed by atoms with Gasteiger partial charge in [-0.05, 0) is 39.5 Å². The van der Waals surface area contributed by atoms with Gasteiger partial charge in [-0.1, -0.05) is 19.1 Å². The first-order chi connectivity index (χ1) is 7.29. The van der Waals surface area contributed by atoms with Crippen LogP contribution in [0.25, 0.3) is 0 Å². The van der Waals surface area contributed by atoms with Crippen molar-refractivity contribution in [2.75, 3.05) is 0 Å². The molecule has 4 heteroatoms. The molecular weight excluding hydrogens is 206 g/mol. The Bertz CT molecular complexity index is 280. The molecule has 16 heavy (non-hydrogen) atoms. The van der Waals surface area contributed by atoms with Crippen LogP contribution in [-0.4, -0.2) is 28.0 Å². The van der Waals surface area contributed by atoms with E-state index in [1.54, 1.807) is 20.8 Å². The number of allylic oxidation sites excluding steroid dienone is 1. The fourth-order valence-corrected chi connectivity index (χ4v) is 1.59. The number of ether oxygens (including phenoxy) is 1. The Labute approximate surface area is 96.8 Å². The minimum Gasteiger partial charge on any atom is -0.442 e. The van der Waals surface area contributed by atoms with E-state index in [1.165, 1.54) is 0 Å². The third kappa shape index (κ3) is 3.85. The summed E-state index contributed by atoms with van der Waals surface area (Å²) >= 11 is 0. The molecule has 0 aromatic rings. The van der Waals surface area contributed by atoms with E-state index in [0.717, 1.165) is 12.8 Å². The summed E-state index contributed by atoms with van der Waals surface area (Å²) in [4.78, 5) is 11.6. The van der Waals surface area contributed by atoms with E-state index in [2.05, 4.69) is 6.92 Å². The number of nitrogens with zero attached hydrogens (tertiary/aromatic N) is 1. The monoisotopic (exact) mass is 227 g/mol. The molecular formula is C12H21NO3. The third-order valence-corrected chi connectivity index (χ3v) is 2.47. The van der Waals surface area contributed by atoms with Crippen LogP contribution < -0.4 is 0 Å². The molecule has 0 heterocycles. The van der Waals surface area contributed by atoms with Crippen molar-refractivity contribution in [3.05, 3.63) is 12.2 Å². The molecule has 0 aromatic heterocycles. The van der Waals surface area contributed by atoms with E-state index in [9.17, 15) is 10.0 Å². The van der Waals surface area contributed by atoms with Gasteiger partial charge in [0.25, 0.3) is 0 Å². The summed E-state index contributed by atoms with van der Waals surface area (Å²) < 4.78 is 5.08. The number of amides is 1. The number of carbonyl (C=O) groups is 1. The van der Waals surface area contributed by atoms with Gasteiger partial charge in [-0.2, -0.15) is 5.06 Å². The van der Waals surface area contributed by atoms with Gasteiger partial charge in [0.1, 0.15) is 5.60 Å². The van der Waals surface area contributed by atoms with Crippen LogP contribution >= 0.6 is 0 Å². The van der Waals surface area contributed by atoms with Gasteiger partial charge < -0.3 is 4.74 Å². The lowest BCUT2D eigenvalue weighted by molar-refractivity contribution is -0.112. The first-order valence-electron chi connectivity index (χ1n) is 5.69. The Morgan fingerprint density at radius 2 is 2.00 bits per heavy atom. The zero-order valence-corrected chi connectivity index (χ0v) is 10.4. The summed E-state index contributed by atoms with van der Waals surface area (Å²) in [6.07, 6.45) is 4.94. The van der Waals surface area contributed by atoms with Gasteiger partial charge in [-0.15, -0.1) is 0 Å². The fraction of sp³-hybridized carbons (Fsp3) is 0.750. The van der Waals surface area contributed by atoms with Crippen molar-refractivity contribution in [3.8, 4) is 0 Å². The molecule has 1 aliphatic carbocycles. The molecule has 0 saturated carbocycles. The molecule has 4 nitrogen and oxygen atoms in total. The van der Waals surface area contributed by atoms with Gasteiger partial charge in [0.2, 0.25) is 0 Å². The van der Waals surface area contributed by atoms with E-state index in [0.29, 0.717) is 11.0 Å².